The van der Waals surface area contributed by atoms with E-state index in [4.69, 9.17) is 0 Å². The Bertz CT molecular complexity index is 1220. The first kappa shape index (κ1) is 18.5. The van der Waals surface area contributed by atoms with Crippen LogP contribution in [0, 0.1) is 0 Å². The zero-order valence-corrected chi connectivity index (χ0v) is 17.3. The Morgan fingerprint density at radius 3 is 2.29 bits per heavy atom. The van der Waals surface area contributed by atoms with Crippen LogP contribution in [0.3, 0.4) is 0 Å². The van der Waals surface area contributed by atoms with E-state index in [1.54, 1.807) is 0 Å². The lowest BCUT2D eigenvalue weighted by Gasteiger charge is -2.32. The lowest BCUT2D eigenvalue weighted by Crippen LogP contribution is -2.25. The summed E-state index contributed by atoms with van der Waals surface area (Å²) in [5.41, 5.74) is 7.55. The van der Waals surface area contributed by atoms with E-state index in [1.165, 1.54) is 5.57 Å². The van der Waals surface area contributed by atoms with Crippen LogP contribution < -0.4 is 4.90 Å². The Morgan fingerprint density at radius 1 is 0.774 bits per heavy atom. The number of rotatable bonds is 2. The molecule has 1 aliphatic heterocycles. The van der Waals surface area contributed by atoms with Crippen LogP contribution in [0.5, 0.6) is 0 Å². The van der Waals surface area contributed by atoms with Crippen molar-refractivity contribution in [2.45, 2.75) is 44.4 Å². The summed E-state index contributed by atoms with van der Waals surface area (Å²) >= 11 is 0. The number of fused-ring (bicyclic) bond motifs is 2. The molecule has 154 valence electrons. The zero-order chi connectivity index (χ0) is 21.1. The molecule has 0 aromatic heterocycles. The SMILES string of the molecule is O=C1CCCC2=C1C(c1ccc(N3CCCC3=O)cc1)C1=C(C2)c2ccccc2C1=O. The minimum Gasteiger partial charge on any atom is -0.312 e. The number of amides is 1. The number of hydrogen-bond acceptors (Lipinski definition) is 3. The summed E-state index contributed by atoms with van der Waals surface area (Å²) in [5, 5.41) is 0. The molecular formula is C27H23NO3. The summed E-state index contributed by atoms with van der Waals surface area (Å²) in [6.07, 6.45) is 4.55. The molecule has 2 aromatic carbocycles. The lowest BCUT2D eigenvalue weighted by molar-refractivity contribution is -0.117. The van der Waals surface area contributed by atoms with E-state index >= 15 is 0 Å². The van der Waals surface area contributed by atoms with Crippen molar-refractivity contribution >= 4 is 28.7 Å². The average Bonchev–Trinajstić information content (AvgIpc) is 3.34. The predicted octanol–water partition coefficient (Wildman–Crippen LogP) is 5.00. The van der Waals surface area contributed by atoms with Gasteiger partial charge in [-0.1, -0.05) is 42.0 Å². The number of nitrogens with zero attached hydrogens (tertiary/aromatic N) is 1. The van der Waals surface area contributed by atoms with Crippen LogP contribution in [0.2, 0.25) is 0 Å². The first-order valence-corrected chi connectivity index (χ1v) is 11.2. The minimum absolute atomic E-state index is 0.0549. The van der Waals surface area contributed by atoms with Crippen LogP contribution in [-0.2, 0) is 9.59 Å². The summed E-state index contributed by atoms with van der Waals surface area (Å²) in [4.78, 5) is 40.5. The topological polar surface area (TPSA) is 54.5 Å². The van der Waals surface area contributed by atoms with Gasteiger partial charge in [0.15, 0.2) is 11.6 Å². The van der Waals surface area contributed by atoms with E-state index in [0.29, 0.717) is 19.3 Å². The van der Waals surface area contributed by atoms with Gasteiger partial charge in [-0.05, 0) is 54.5 Å². The van der Waals surface area contributed by atoms with Crippen LogP contribution in [-0.4, -0.2) is 24.0 Å². The third kappa shape index (κ3) is 2.71. The van der Waals surface area contributed by atoms with Gasteiger partial charge in [0, 0.05) is 47.7 Å². The largest absolute Gasteiger partial charge is 0.312 e. The summed E-state index contributed by atoms with van der Waals surface area (Å²) in [7, 11) is 0. The molecular weight excluding hydrogens is 386 g/mol. The minimum atomic E-state index is -0.310. The highest BCUT2D eigenvalue weighted by Gasteiger charge is 2.43. The van der Waals surface area contributed by atoms with Crippen molar-refractivity contribution in [3.63, 3.8) is 0 Å². The number of ketones is 2. The molecule has 0 saturated carbocycles. The molecule has 1 atom stereocenters. The molecule has 1 saturated heterocycles. The summed E-state index contributed by atoms with van der Waals surface area (Å²) in [5.74, 6) is 0.0822. The summed E-state index contributed by atoms with van der Waals surface area (Å²) in [6.45, 7) is 0.749. The summed E-state index contributed by atoms with van der Waals surface area (Å²) < 4.78 is 0. The second-order valence-corrected chi connectivity index (χ2v) is 8.91. The Balaban J connectivity index is 1.48. The third-order valence-electron chi connectivity index (χ3n) is 7.21. The Labute approximate surface area is 181 Å². The van der Waals surface area contributed by atoms with Crippen molar-refractivity contribution < 1.29 is 14.4 Å². The molecule has 4 aliphatic rings. The number of carbonyl (C=O) groups is 3. The van der Waals surface area contributed by atoms with E-state index in [2.05, 4.69) is 0 Å². The fourth-order valence-electron chi connectivity index (χ4n) is 5.80. The lowest BCUT2D eigenvalue weighted by atomic mass is 9.69. The van der Waals surface area contributed by atoms with E-state index in [1.807, 2.05) is 53.4 Å². The number of allylic oxidation sites excluding steroid dienone is 4. The van der Waals surface area contributed by atoms with Gasteiger partial charge in [0.25, 0.3) is 0 Å². The fourth-order valence-corrected chi connectivity index (χ4v) is 5.80. The number of Topliss-reactive ketones (excluding diaryl/α,β-unsaturated/α-hetero) is 2. The van der Waals surface area contributed by atoms with Crippen LogP contribution in [0.25, 0.3) is 5.57 Å². The van der Waals surface area contributed by atoms with Gasteiger partial charge in [0.05, 0.1) is 0 Å². The van der Waals surface area contributed by atoms with Crippen molar-refractivity contribution in [1.29, 1.82) is 0 Å². The average molecular weight is 409 g/mol. The Hall–Kier alpha value is -3.27. The zero-order valence-electron chi connectivity index (χ0n) is 17.3. The molecule has 31 heavy (non-hydrogen) atoms. The van der Waals surface area contributed by atoms with Crippen LogP contribution >= 0.6 is 0 Å². The van der Waals surface area contributed by atoms with Gasteiger partial charge in [-0.2, -0.15) is 0 Å². The third-order valence-corrected chi connectivity index (χ3v) is 7.21. The Kier molecular flexibility index (Phi) is 4.10. The van der Waals surface area contributed by atoms with Crippen molar-refractivity contribution in [3.8, 4) is 0 Å². The molecule has 0 radical (unpaired) electrons. The van der Waals surface area contributed by atoms with Gasteiger partial charge in [-0.15, -0.1) is 0 Å². The molecule has 0 N–H and O–H groups in total. The number of benzene rings is 2. The highest BCUT2D eigenvalue weighted by Crippen LogP contribution is 2.52. The van der Waals surface area contributed by atoms with Crippen molar-refractivity contribution in [2.75, 3.05) is 11.4 Å². The molecule has 1 fully saturated rings. The fraction of sp³-hybridized carbons (Fsp3) is 0.296. The predicted molar refractivity (Wildman–Crippen MR) is 119 cm³/mol. The second kappa shape index (κ2) is 6.88. The van der Waals surface area contributed by atoms with Crippen LogP contribution in [0.1, 0.15) is 65.9 Å². The second-order valence-electron chi connectivity index (χ2n) is 8.91. The molecule has 1 heterocycles. The van der Waals surface area contributed by atoms with Gasteiger partial charge in [0.1, 0.15) is 0 Å². The number of anilines is 1. The van der Waals surface area contributed by atoms with Gasteiger partial charge in [0.2, 0.25) is 5.91 Å². The molecule has 4 nitrogen and oxygen atoms in total. The van der Waals surface area contributed by atoms with Crippen molar-refractivity contribution in [2.24, 2.45) is 0 Å². The number of carbonyl (C=O) groups excluding carboxylic acids is 3. The smallest absolute Gasteiger partial charge is 0.227 e. The van der Waals surface area contributed by atoms with Crippen LogP contribution in [0.4, 0.5) is 5.69 Å². The maximum atomic E-state index is 13.5. The van der Waals surface area contributed by atoms with E-state index in [0.717, 1.165) is 64.9 Å². The maximum Gasteiger partial charge on any atom is 0.227 e. The number of hydrogen-bond donors (Lipinski definition) is 0. The first-order chi connectivity index (χ1) is 15.1. The molecule has 1 unspecified atom stereocenters. The molecule has 4 heteroatoms. The van der Waals surface area contributed by atoms with Crippen molar-refractivity contribution in [3.05, 3.63) is 81.9 Å². The monoisotopic (exact) mass is 409 g/mol. The Morgan fingerprint density at radius 2 is 1.55 bits per heavy atom. The normalized spacial score (nSPS) is 22.8. The molecule has 1 amide bonds. The molecule has 3 aliphatic carbocycles. The standard InChI is InChI=1S/C27H23NO3/c29-22-8-3-5-17-15-21-19-6-1-2-7-20(19)27(31)26(21)25(24(17)22)16-10-12-18(13-11-16)28-14-4-9-23(28)30/h1-2,6-7,10-13,25H,3-5,8-9,14-15H2. The first-order valence-electron chi connectivity index (χ1n) is 11.2. The van der Waals surface area contributed by atoms with Gasteiger partial charge in [-0.3, -0.25) is 14.4 Å². The molecule has 0 bridgehead atoms. The van der Waals surface area contributed by atoms with E-state index in [-0.39, 0.29) is 23.4 Å². The van der Waals surface area contributed by atoms with Crippen LogP contribution in [0.15, 0.2) is 65.3 Å². The van der Waals surface area contributed by atoms with E-state index < -0.39 is 0 Å². The van der Waals surface area contributed by atoms with Gasteiger partial charge < -0.3 is 4.90 Å². The van der Waals surface area contributed by atoms with Gasteiger partial charge in [-0.25, -0.2) is 0 Å². The van der Waals surface area contributed by atoms with Crippen molar-refractivity contribution in [1.82, 2.24) is 0 Å². The molecule has 0 spiro atoms. The highest BCUT2D eigenvalue weighted by molar-refractivity contribution is 6.23. The van der Waals surface area contributed by atoms with Gasteiger partial charge >= 0.3 is 0 Å². The molecule has 2 aromatic rings. The summed E-state index contributed by atoms with van der Waals surface area (Å²) in [6, 6.07) is 15.8. The maximum absolute atomic E-state index is 13.5. The quantitative estimate of drug-likeness (QED) is 0.701. The van der Waals surface area contributed by atoms with E-state index in [9.17, 15) is 14.4 Å². The molecule has 6 rings (SSSR count). The highest BCUT2D eigenvalue weighted by atomic mass is 16.2.